The van der Waals surface area contributed by atoms with Crippen molar-refractivity contribution in [1.82, 2.24) is 13.5 Å². The van der Waals surface area contributed by atoms with E-state index in [4.69, 9.17) is 0 Å². The van der Waals surface area contributed by atoms with Gasteiger partial charge in [0.1, 0.15) is 0 Å². The molecule has 0 amide bonds. The highest BCUT2D eigenvalue weighted by atomic mass is 32.2. The maximum Gasteiger partial charge on any atom is 0.243 e. The third-order valence-corrected chi connectivity index (χ3v) is 9.77. The zero-order valence-corrected chi connectivity index (χ0v) is 20.0. The number of benzene rings is 2. The monoisotopic (exact) mass is 465 g/mol. The van der Waals surface area contributed by atoms with Crippen LogP contribution in [0.4, 0.5) is 0 Å². The lowest BCUT2D eigenvalue weighted by Gasteiger charge is -2.34. The molecule has 0 radical (unpaired) electrons. The van der Waals surface area contributed by atoms with Gasteiger partial charge in [-0.1, -0.05) is 38.1 Å². The maximum atomic E-state index is 13.1. The van der Waals surface area contributed by atoms with Gasteiger partial charge in [-0.3, -0.25) is 4.90 Å². The summed E-state index contributed by atoms with van der Waals surface area (Å²) in [6.07, 6.45) is 0. The normalized spacial score (nSPS) is 16.6. The zero-order chi connectivity index (χ0) is 22.6. The number of sulfonamides is 2. The van der Waals surface area contributed by atoms with Crippen LogP contribution < -0.4 is 0 Å². The number of rotatable bonds is 8. The predicted molar refractivity (Wildman–Crippen MR) is 122 cm³/mol. The fourth-order valence-electron chi connectivity index (χ4n) is 3.80. The first-order valence-electron chi connectivity index (χ1n) is 10.6. The van der Waals surface area contributed by atoms with Gasteiger partial charge in [0.15, 0.2) is 0 Å². The Morgan fingerprint density at radius 2 is 1.35 bits per heavy atom. The molecule has 0 atom stereocenters. The Labute approximate surface area is 186 Å². The maximum absolute atomic E-state index is 13.1. The number of hydrogen-bond donors (Lipinski definition) is 0. The molecule has 1 fully saturated rings. The number of hydrogen-bond acceptors (Lipinski definition) is 5. The van der Waals surface area contributed by atoms with E-state index in [-0.39, 0.29) is 9.79 Å². The highest BCUT2D eigenvalue weighted by Crippen LogP contribution is 2.22. The van der Waals surface area contributed by atoms with Gasteiger partial charge in [0.25, 0.3) is 0 Å². The summed E-state index contributed by atoms with van der Waals surface area (Å²) >= 11 is 0. The van der Waals surface area contributed by atoms with Crippen LogP contribution in [0.15, 0.2) is 58.3 Å². The quantitative estimate of drug-likeness (QED) is 0.599. The third-order valence-electron chi connectivity index (χ3n) is 5.79. The molecule has 0 saturated carbocycles. The summed E-state index contributed by atoms with van der Waals surface area (Å²) < 4.78 is 54.2. The van der Waals surface area contributed by atoms with Crippen LogP contribution in [0.25, 0.3) is 0 Å². The molecule has 0 bridgehead atoms. The van der Waals surface area contributed by atoms with Crippen molar-refractivity contribution in [3.8, 4) is 0 Å². The molecule has 0 aromatic heterocycles. The molecule has 1 heterocycles. The number of nitrogens with zero attached hydrogens (tertiary/aromatic N) is 3. The van der Waals surface area contributed by atoms with Crippen molar-refractivity contribution in [2.24, 2.45) is 0 Å². The van der Waals surface area contributed by atoms with Crippen LogP contribution in [0.2, 0.25) is 0 Å². The molecule has 0 spiro atoms. The lowest BCUT2D eigenvalue weighted by molar-refractivity contribution is 0.181. The SMILES string of the molecule is CCN(CC)S(=O)(=O)c1ccc(S(=O)(=O)N2CCN(Cc3ccccc3C)CC2)cc1. The van der Waals surface area contributed by atoms with Gasteiger partial charge in [0.05, 0.1) is 9.79 Å². The summed E-state index contributed by atoms with van der Waals surface area (Å²) in [7, 11) is -7.27. The van der Waals surface area contributed by atoms with Gasteiger partial charge in [-0.15, -0.1) is 0 Å². The largest absolute Gasteiger partial charge is 0.296 e. The minimum Gasteiger partial charge on any atom is -0.296 e. The Bertz CT molecular complexity index is 1090. The van der Waals surface area contributed by atoms with E-state index in [1.807, 2.05) is 12.1 Å². The van der Waals surface area contributed by atoms with Gasteiger partial charge < -0.3 is 0 Å². The molecule has 3 rings (SSSR count). The van der Waals surface area contributed by atoms with Gasteiger partial charge in [-0.2, -0.15) is 8.61 Å². The fourth-order valence-corrected chi connectivity index (χ4v) is 6.68. The average molecular weight is 466 g/mol. The summed E-state index contributed by atoms with van der Waals surface area (Å²) in [6.45, 7) is 9.30. The summed E-state index contributed by atoms with van der Waals surface area (Å²) in [6, 6.07) is 13.8. The minimum absolute atomic E-state index is 0.109. The number of aryl methyl sites for hydroxylation is 1. The minimum atomic E-state index is -3.66. The van der Waals surface area contributed by atoms with E-state index in [2.05, 4.69) is 24.0 Å². The zero-order valence-electron chi connectivity index (χ0n) is 18.4. The van der Waals surface area contributed by atoms with Crippen LogP contribution in [0.3, 0.4) is 0 Å². The Kier molecular flexibility index (Phi) is 7.54. The van der Waals surface area contributed by atoms with Gasteiger partial charge >= 0.3 is 0 Å². The van der Waals surface area contributed by atoms with E-state index in [1.165, 1.54) is 44.0 Å². The topological polar surface area (TPSA) is 78.0 Å². The molecule has 0 unspecified atom stereocenters. The summed E-state index contributed by atoms with van der Waals surface area (Å²) in [5, 5.41) is 0. The van der Waals surface area contributed by atoms with Crippen LogP contribution in [-0.4, -0.2) is 69.6 Å². The second kappa shape index (κ2) is 9.79. The van der Waals surface area contributed by atoms with E-state index >= 15 is 0 Å². The molecule has 0 N–H and O–H groups in total. The Morgan fingerprint density at radius 3 is 1.90 bits per heavy atom. The van der Waals surface area contributed by atoms with Crippen LogP contribution in [0.5, 0.6) is 0 Å². The molecule has 9 heteroatoms. The Morgan fingerprint density at radius 1 is 0.806 bits per heavy atom. The van der Waals surface area contributed by atoms with Crippen LogP contribution in [-0.2, 0) is 26.6 Å². The molecule has 1 saturated heterocycles. The third kappa shape index (κ3) is 5.18. The van der Waals surface area contributed by atoms with Gasteiger partial charge in [0, 0.05) is 45.8 Å². The van der Waals surface area contributed by atoms with Crippen molar-refractivity contribution in [3.63, 3.8) is 0 Å². The van der Waals surface area contributed by atoms with Crippen molar-refractivity contribution in [1.29, 1.82) is 0 Å². The summed E-state index contributed by atoms with van der Waals surface area (Å²) in [4.78, 5) is 2.49. The molecule has 2 aromatic carbocycles. The molecule has 31 heavy (non-hydrogen) atoms. The van der Waals surface area contributed by atoms with Gasteiger partial charge in [-0.05, 0) is 42.3 Å². The summed E-state index contributed by atoms with van der Waals surface area (Å²) in [5.41, 5.74) is 2.49. The lowest BCUT2D eigenvalue weighted by atomic mass is 10.1. The van der Waals surface area contributed by atoms with E-state index in [0.29, 0.717) is 39.3 Å². The Balaban J connectivity index is 1.68. The molecular weight excluding hydrogens is 434 g/mol. The number of piperazine rings is 1. The van der Waals surface area contributed by atoms with Gasteiger partial charge in [0.2, 0.25) is 20.0 Å². The first-order chi connectivity index (χ1) is 14.7. The average Bonchev–Trinajstić information content (AvgIpc) is 2.76. The van der Waals surface area contributed by atoms with Crippen molar-refractivity contribution < 1.29 is 16.8 Å². The molecule has 1 aliphatic rings. The van der Waals surface area contributed by atoms with E-state index in [1.54, 1.807) is 13.8 Å². The van der Waals surface area contributed by atoms with Crippen molar-refractivity contribution >= 4 is 20.0 Å². The van der Waals surface area contributed by atoms with Crippen molar-refractivity contribution in [2.45, 2.75) is 37.1 Å². The smallest absolute Gasteiger partial charge is 0.243 e. The highest BCUT2D eigenvalue weighted by Gasteiger charge is 2.29. The van der Waals surface area contributed by atoms with E-state index < -0.39 is 20.0 Å². The second-order valence-electron chi connectivity index (χ2n) is 7.67. The predicted octanol–water partition coefficient (Wildman–Crippen LogP) is 2.53. The molecule has 2 aromatic rings. The van der Waals surface area contributed by atoms with Crippen LogP contribution in [0.1, 0.15) is 25.0 Å². The highest BCUT2D eigenvalue weighted by molar-refractivity contribution is 7.89. The van der Waals surface area contributed by atoms with Gasteiger partial charge in [-0.25, -0.2) is 16.8 Å². The molecule has 170 valence electrons. The van der Waals surface area contributed by atoms with Crippen molar-refractivity contribution in [3.05, 3.63) is 59.7 Å². The van der Waals surface area contributed by atoms with E-state index in [9.17, 15) is 16.8 Å². The molecule has 1 aliphatic heterocycles. The van der Waals surface area contributed by atoms with Crippen LogP contribution in [0, 0.1) is 6.92 Å². The Hall–Kier alpha value is -1.78. The molecular formula is C22H31N3O4S2. The summed E-state index contributed by atoms with van der Waals surface area (Å²) in [5.74, 6) is 0. The molecule has 7 nitrogen and oxygen atoms in total. The molecule has 0 aliphatic carbocycles. The van der Waals surface area contributed by atoms with E-state index in [0.717, 1.165) is 6.54 Å². The first kappa shape index (κ1) is 23.9. The lowest BCUT2D eigenvalue weighted by Crippen LogP contribution is -2.48. The van der Waals surface area contributed by atoms with Crippen molar-refractivity contribution in [2.75, 3.05) is 39.3 Å². The first-order valence-corrected chi connectivity index (χ1v) is 13.5. The second-order valence-corrected chi connectivity index (χ2v) is 11.5. The standard InChI is InChI=1S/C22H31N3O4S2/c1-4-24(5-2)30(26,27)21-10-12-22(13-11-21)31(28,29)25-16-14-23(15-17-25)18-20-9-7-6-8-19(20)3/h6-13H,4-5,14-18H2,1-3H3. The fraction of sp³-hybridized carbons (Fsp3) is 0.455. The van der Waals surface area contributed by atoms with Crippen LogP contribution >= 0.6 is 0 Å².